The van der Waals surface area contributed by atoms with Crippen LogP contribution in [0.1, 0.15) is 37.9 Å². The zero-order chi connectivity index (χ0) is 22.9. The molecule has 4 aromatic rings. The average molecular weight is 444 g/mol. The summed E-state index contributed by atoms with van der Waals surface area (Å²) in [5.41, 5.74) is 0.0559. The Hall–Kier alpha value is -4.22. The number of aromatic amines is 1. The maximum absolute atomic E-state index is 13.0. The number of nitrogens with zero attached hydrogens (tertiary/aromatic N) is 3. The summed E-state index contributed by atoms with van der Waals surface area (Å²) in [5, 5.41) is 9.19. The Morgan fingerprint density at radius 1 is 1.12 bits per heavy atom. The van der Waals surface area contributed by atoms with Gasteiger partial charge in [-0.2, -0.15) is 13.2 Å². The lowest BCUT2D eigenvalue weighted by atomic mass is 10.1. The van der Waals surface area contributed by atoms with Crippen LogP contribution in [0.4, 0.5) is 18.9 Å². The number of hydrogen-bond acceptors (Lipinski definition) is 6. The number of anilines is 1. The van der Waals surface area contributed by atoms with Gasteiger partial charge in [-0.3, -0.25) is 9.59 Å². The molecular weight excluding hydrogens is 429 g/mol. The number of hydrogen-bond donors (Lipinski definition) is 3. The summed E-state index contributed by atoms with van der Waals surface area (Å²) in [6.45, 7) is 1.27. The average Bonchev–Trinajstić information content (AvgIpc) is 3.42. The van der Waals surface area contributed by atoms with Gasteiger partial charge in [-0.15, -0.1) is 0 Å². The first-order chi connectivity index (χ1) is 15.2. The molecule has 0 atom stereocenters. The van der Waals surface area contributed by atoms with Crippen LogP contribution >= 0.6 is 0 Å². The van der Waals surface area contributed by atoms with Gasteiger partial charge in [-0.05, 0) is 30.7 Å². The number of halogens is 3. The Balaban J connectivity index is 1.41. The normalized spacial score (nSPS) is 11.5. The Bertz CT molecular complexity index is 1310. The first-order valence-electron chi connectivity index (χ1n) is 9.23. The lowest BCUT2D eigenvalue weighted by molar-refractivity contribution is -0.138. The highest BCUT2D eigenvalue weighted by Gasteiger charge is 2.32. The second-order valence-corrected chi connectivity index (χ2v) is 6.81. The fourth-order valence-electron chi connectivity index (χ4n) is 3.01. The third-order valence-electron chi connectivity index (χ3n) is 4.58. The van der Waals surface area contributed by atoms with E-state index in [1.54, 1.807) is 12.3 Å². The minimum Gasteiger partial charge on any atom is -0.351 e. The van der Waals surface area contributed by atoms with Crippen LogP contribution in [0.2, 0.25) is 0 Å². The van der Waals surface area contributed by atoms with E-state index in [0.29, 0.717) is 11.0 Å². The third-order valence-corrected chi connectivity index (χ3v) is 4.58. The number of aryl methyl sites for hydroxylation is 1. The Labute approximate surface area is 178 Å². The Morgan fingerprint density at radius 2 is 1.94 bits per heavy atom. The van der Waals surface area contributed by atoms with Crippen LogP contribution in [0.15, 0.2) is 47.4 Å². The number of carbonyl (C=O) groups excluding carboxylic acids is 2. The van der Waals surface area contributed by atoms with Crippen molar-refractivity contribution in [1.82, 2.24) is 25.4 Å². The summed E-state index contributed by atoms with van der Waals surface area (Å²) in [6.07, 6.45) is -1.66. The first kappa shape index (κ1) is 21.0. The van der Waals surface area contributed by atoms with Crippen molar-refractivity contribution < 1.29 is 27.3 Å². The van der Waals surface area contributed by atoms with Crippen molar-refractivity contribution in [3.63, 3.8) is 0 Å². The van der Waals surface area contributed by atoms with Crippen molar-refractivity contribution in [2.75, 3.05) is 5.32 Å². The van der Waals surface area contributed by atoms with Crippen LogP contribution in [0.5, 0.6) is 0 Å². The van der Waals surface area contributed by atoms with Gasteiger partial charge in [0.15, 0.2) is 0 Å². The molecule has 3 N–H and O–H groups in total. The molecule has 0 saturated carbocycles. The number of benzene rings is 1. The monoisotopic (exact) mass is 444 g/mol. The van der Waals surface area contributed by atoms with E-state index in [-0.39, 0.29) is 34.9 Å². The number of rotatable bonds is 5. The molecule has 0 spiro atoms. The lowest BCUT2D eigenvalue weighted by Crippen LogP contribution is -2.24. The predicted molar refractivity (Wildman–Crippen MR) is 106 cm³/mol. The molecule has 164 valence electrons. The second-order valence-electron chi connectivity index (χ2n) is 6.81. The molecule has 2 amide bonds. The first-order valence-corrected chi connectivity index (χ1v) is 9.23. The number of carbonyl (C=O) groups is 2. The number of alkyl halides is 3. The van der Waals surface area contributed by atoms with Crippen LogP contribution in [0.25, 0.3) is 11.0 Å². The van der Waals surface area contributed by atoms with Crippen molar-refractivity contribution >= 4 is 28.5 Å². The van der Waals surface area contributed by atoms with E-state index in [4.69, 9.17) is 4.52 Å². The standard InChI is InChI=1S/C20H15F3N6O3/c1-10-2-3-11(6-14(10)20(21,22)23)28-18(30)15-7-12(29-32-15)8-25-19(31)16-13-4-5-24-17(13)27-9-26-16/h2-7,9H,8H2,1H3,(H,25,31)(H,28,30)(H,24,26,27). The number of H-pyrrole nitrogens is 1. The molecule has 32 heavy (non-hydrogen) atoms. The lowest BCUT2D eigenvalue weighted by Gasteiger charge is -2.12. The van der Waals surface area contributed by atoms with Crippen molar-refractivity contribution in [1.29, 1.82) is 0 Å². The highest BCUT2D eigenvalue weighted by atomic mass is 19.4. The largest absolute Gasteiger partial charge is 0.416 e. The molecule has 12 heteroatoms. The minimum absolute atomic E-state index is 0.0359. The second kappa shape index (κ2) is 8.13. The number of fused-ring (bicyclic) bond motifs is 1. The van der Waals surface area contributed by atoms with Gasteiger partial charge in [0.25, 0.3) is 11.8 Å². The van der Waals surface area contributed by atoms with E-state index < -0.39 is 23.6 Å². The molecule has 0 aliphatic carbocycles. The quantitative estimate of drug-likeness (QED) is 0.433. The highest BCUT2D eigenvalue weighted by molar-refractivity contribution is 6.04. The number of nitrogens with one attached hydrogen (secondary N) is 3. The van der Waals surface area contributed by atoms with Gasteiger partial charge in [0, 0.05) is 18.0 Å². The van der Waals surface area contributed by atoms with Gasteiger partial charge in [0.2, 0.25) is 5.76 Å². The minimum atomic E-state index is -4.54. The molecule has 0 saturated heterocycles. The SMILES string of the molecule is Cc1ccc(NC(=O)c2cc(CNC(=O)c3ncnc4[nH]ccc34)no2)cc1C(F)(F)F. The fourth-order valence-corrected chi connectivity index (χ4v) is 3.01. The molecule has 0 unspecified atom stereocenters. The van der Waals surface area contributed by atoms with Gasteiger partial charge in [-0.1, -0.05) is 11.2 Å². The van der Waals surface area contributed by atoms with E-state index in [0.717, 1.165) is 6.07 Å². The van der Waals surface area contributed by atoms with Crippen molar-refractivity contribution in [3.8, 4) is 0 Å². The van der Waals surface area contributed by atoms with Crippen LogP contribution in [0.3, 0.4) is 0 Å². The van der Waals surface area contributed by atoms with E-state index in [1.165, 1.54) is 31.5 Å². The molecule has 0 aliphatic heterocycles. The van der Waals surface area contributed by atoms with Crippen LogP contribution in [-0.4, -0.2) is 31.9 Å². The molecule has 0 aliphatic rings. The summed E-state index contributed by atoms with van der Waals surface area (Å²) in [6, 6.07) is 6.39. The number of amides is 2. The fraction of sp³-hybridized carbons (Fsp3) is 0.150. The summed E-state index contributed by atoms with van der Waals surface area (Å²) >= 11 is 0. The predicted octanol–water partition coefficient (Wildman–Crippen LogP) is 3.46. The van der Waals surface area contributed by atoms with Crippen LogP contribution < -0.4 is 10.6 Å². The highest BCUT2D eigenvalue weighted by Crippen LogP contribution is 2.33. The molecular formula is C20H15F3N6O3. The van der Waals surface area contributed by atoms with Crippen molar-refractivity contribution in [3.05, 3.63) is 71.1 Å². The maximum atomic E-state index is 13.0. The third kappa shape index (κ3) is 4.29. The maximum Gasteiger partial charge on any atom is 0.416 e. The van der Waals surface area contributed by atoms with E-state index in [1.807, 2.05) is 0 Å². The topological polar surface area (TPSA) is 126 Å². The van der Waals surface area contributed by atoms with Gasteiger partial charge in [0.05, 0.1) is 17.5 Å². The van der Waals surface area contributed by atoms with Gasteiger partial charge in [-0.25, -0.2) is 9.97 Å². The molecule has 1 aromatic carbocycles. The molecule has 3 heterocycles. The van der Waals surface area contributed by atoms with Crippen molar-refractivity contribution in [2.24, 2.45) is 0 Å². The van der Waals surface area contributed by atoms with Gasteiger partial charge < -0.3 is 20.1 Å². The van der Waals surface area contributed by atoms with Crippen LogP contribution in [0, 0.1) is 6.92 Å². The molecule has 3 aromatic heterocycles. The summed E-state index contributed by atoms with van der Waals surface area (Å²) in [5.74, 6) is -1.49. The molecule has 9 nitrogen and oxygen atoms in total. The van der Waals surface area contributed by atoms with Gasteiger partial charge >= 0.3 is 6.18 Å². The van der Waals surface area contributed by atoms with Gasteiger partial charge in [0.1, 0.15) is 23.4 Å². The zero-order valence-electron chi connectivity index (χ0n) is 16.4. The Kier molecular flexibility index (Phi) is 5.34. The summed E-state index contributed by atoms with van der Waals surface area (Å²) in [7, 11) is 0. The van der Waals surface area contributed by atoms with Crippen LogP contribution in [-0.2, 0) is 12.7 Å². The van der Waals surface area contributed by atoms with E-state index in [9.17, 15) is 22.8 Å². The zero-order valence-corrected chi connectivity index (χ0v) is 16.4. The molecule has 4 rings (SSSR count). The molecule has 0 bridgehead atoms. The molecule has 0 fully saturated rings. The van der Waals surface area contributed by atoms with E-state index in [2.05, 4.69) is 30.7 Å². The van der Waals surface area contributed by atoms with E-state index >= 15 is 0 Å². The smallest absolute Gasteiger partial charge is 0.351 e. The van der Waals surface area contributed by atoms with Crippen molar-refractivity contribution in [2.45, 2.75) is 19.6 Å². The summed E-state index contributed by atoms with van der Waals surface area (Å²) < 4.78 is 44.1. The molecule has 0 radical (unpaired) electrons. The number of aromatic nitrogens is 4. The summed E-state index contributed by atoms with van der Waals surface area (Å²) in [4.78, 5) is 35.6. The Morgan fingerprint density at radius 3 is 2.72 bits per heavy atom.